The van der Waals surface area contributed by atoms with E-state index in [9.17, 15) is 14.4 Å². The summed E-state index contributed by atoms with van der Waals surface area (Å²) in [6, 6.07) is 4.01. The molecule has 2 atom stereocenters. The molecule has 1 aromatic carbocycles. The molecule has 0 radical (unpaired) electrons. The van der Waals surface area contributed by atoms with Crippen molar-refractivity contribution in [3.8, 4) is 11.5 Å². The van der Waals surface area contributed by atoms with Crippen LogP contribution in [0.15, 0.2) is 18.2 Å². The minimum atomic E-state index is -1.06. The molecule has 0 saturated carbocycles. The van der Waals surface area contributed by atoms with Crippen LogP contribution in [0.25, 0.3) is 0 Å². The lowest BCUT2D eigenvalue weighted by Gasteiger charge is -2.38. The van der Waals surface area contributed by atoms with Gasteiger partial charge < -0.3 is 24.8 Å². The minimum Gasteiger partial charge on any atom is -0.497 e. The fraction of sp³-hybridized carbons (Fsp3) is 0.471. The van der Waals surface area contributed by atoms with Crippen LogP contribution in [-0.4, -0.2) is 53.2 Å². The summed E-state index contributed by atoms with van der Waals surface area (Å²) in [4.78, 5) is 37.3. The SMILES string of the molecule is COc1ccc2c(c1)OC1(CCC(=O)N(C(C)C(=O)O)CC1)NC2=O. The van der Waals surface area contributed by atoms with Crippen LogP contribution in [-0.2, 0) is 9.59 Å². The molecule has 1 aromatic rings. The van der Waals surface area contributed by atoms with Gasteiger partial charge in [0.15, 0.2) is 5.72 Å². The Morgan fingerprint density at radius 2 is 2.16 bits per heavy atom. The number of hydrogen-bond acceptors (Lipinski definition) is 5. The molecule has 2 unspecified atom stereocenters. The normalized spacial score (nSPS) is 24.0. The Morgan fingerprint density at radius 1 is 1.40 bits per heavy atom. The third kappa shape index (κ3) is 3.11. The van der Waals surface area contributed by atoms with Crippen molar-refractivity contribution in [1.29, 1.82) is 0 Å². The van der Waals surface area contributed by atoms with E-state index >= 15 is 0 Å². The van der Waals surface area contributed by atoms with E-state index < -0.39 is 17.7 Å². The summed E-state index contributed by atoms with van der Waals surface area (Å²) in [7, 11) is 1.52. The van der Waals surface area contributed by atoms with Gasteiger partial charge in [0.25, 0.3) is 5.91 Å². The third-order valence-electron chi connectivity index (χ3n) is 4.72. The second kappa shape index (κ2) is 6.27. The van der Waals surface area contributed by atoms with Crippen molar-refractivity contribution in [2.75, 3.05) is 13.7 Å². The molecule has 2 amide bonds. The maximum absolute atomic E-state index is 12.5. The van der Waals surface area contributed by atoms with Gasteiger partial charge in [0, 0.05) is 31.9 Å². The smallest absolute Gasteiger partial charge is 0.326 e. The average Bonchev–Trinajstić information content (AvgIpc) is 2.73. The number of carboxylic acid groups (broad SMARTS) is 1. The Bertz CT molecular complexity index is 734. The van der Waals surface area contributed by atoms with Gasteiger partial charge in [-0.2, -0.15) is 0 Å². The van der Waals surface area contributed by atoms with Crippen LogP contribution in [0.1, 0.15) is 36.5 Å². The minimum absolute atomic E-state index is 0.0944. The first-order chi connectivity index (χ1) is 11.8. The molecule has 2 N–H and O–H groups in total. The van der Waals surface area contributed by atoms with Crippen molar-refractivity contribution >= 4 is 17.8 Å². The van der Waals surface area contributed by atoms with E-state index in [0.29, 0.717) is 23.5 Å². The number of rotatable bonds is 3. The number of fused-ring (bicyclic) bond motifs is 1. The van der Waals surface area contributed by atoms with Crippen molar-refractivity contribution in [3.63, 3.8) is 0 Å². The maximum Gasteiger partial charge on any atom is 0.326 e. The summed E-state index contributed by atoms with van der Waals surface area (Å²) in [6.07, 6.45) is 0.674. The van der Waals surface area contributed by atoms with Gasteiger partial charge in [0.05, 0.1) is 12.7 Å². The van der Waals surface area contributed by atoms with E-state index in [4.69, 9.17) is 14.6 Å². The highest BCUT2D eigenvalue weighted by Crippen LogP contribution is 2.36. The number of carbonyl (C=O) groups is 3. The maximum atomic E-state index is 12.5. The van der Waals surface area contributed by atoms with Gasteiger partial charge in [-0.3, -0.25) is 9.59 Å². The van der Waals surface area contributed by atoms with Gasteiger partial charge in [-0.25, -0.2) is 4.79 Å². The fourth-order valence-corrected chi connectivity index (χ4v) is 3.19. The van der Waals surface area contributed by atoms with Crippen molar-refractivity contribution < 1.29 is 29.0 Å². The number of hydrogen-bond donors (Lipinski definition) is 2. The summed E-state index contributed by atoms with van der Waals surface area (Å²) in [5.41, 5.74) is -0.628. The Balaban J connectivity index is 1.86. The second-order valence-corrected chi connectivity index (χ2v) is 6.26. The molecule has 2 aliphatic heterocycles. The van der Waals surface area contributed by atoms with E-state index in [1.54, 1.807) is 18.2 Å². The second-order valence-electron chi connectivity index (χ2n) is 6.26. The van der Waals surface area contributed by atoms with Crippen molar-refractivity contribution in [1.82, 2.24) is 10.2 Å². The van der Waals surface area contributed by atoms with Crippen molar-refractivity contribution in [2.45, 2.75) is 38.0 Å². The topological polar surface area (TPSA) is 105 Å². The van der Waals surface area contributed by atoms with E-state index in [-0.39, 0.29) is 31.2 Å². The predicted octanol–water partition coefficient (Wildman–Crippen LogP) is 0.999. The lowest BCUT2D eigenvalue weighted by Crippen LogP contribution is -2.56. The van der Waals surface area contributed by atoms with Crippen LogP contribution in [0.4, 0.5) is 0 Å². The summed E-state index contributed by atoms with van der Waals surface area (Å²) in [5.74, 6) is -0.644. The molecule has 8 nitrogen and oxygen atoms in total. The first-order valence-electron chi connectivity index (χ1n) is 8.07. The zero-order valence-corrected chi connectivity index (χ0v) is 14.1. The number of nitrogens with zero attached hydrogens (tertiary/aromatic N) is 1. The lowest BCUT2D eigenvalue weighted by atomic mass is 10.00. The number of carboxylic acids is 1. The Labute approximate surface area is 144 Å². The molecular formula is C17H20N2O6. The molecule has 1 spiro atoms. The third-order valence-corrected chi connectivity index (χ3v) is 4.72. The Morgan fingerprint density at radius 3 is 2.84 bits per heavy atom. The zero-order chi connectivity index (χ0) is 18.2. The molecular weight excluding hydrogens is 328 g/mol. The van der Waals surface area contributed by atoms with Crippen molar-refractivity contribution in [2.24, 2.45) is 0 Å². The van der Waals surface area contributed by atoms with E-state index in [1.807, 2.05) is 0 Å². The van der Waals surface area contributed by atoms with Gasteiger partial charge in [-0.05, 0) is 19.1 Å². The van der Waals surface area contributed by atoms with Crippen LogP contribution in [0.5, 0.6) is 11.5 Å². The number of carbonyl (C=O) groups excluding carboxylic acids is 2. The highest BCUT2D eigenvalue weighted by molar-refractivity contribution is 5.98. The molecule has 0 bridgehead atoms. The zero-order valence-electron chi connectivity index (χ0n) is 14.1. The van der Waals surface area contributed by atoms with Crippen molar-refractivity contribution in [3.05, 3.63) is 23.8 Å². The van der Waals surface area contributed by atoms with Crippen LogP contribution in [0.2, 0.25) is 0 Å². The molecule has 2 heterocycles. The monoisotopic (exact) mass is 348 g/mol. The Kier molecular flexibility index (Phi) is 4.28. The molecule has 0 aromatic heterocycles. The van der Waals surface area contributed by atoms with E-state index in [2.05, 4.69) is 5.32 Å². The van der Waals surface area contributed by atoms with E-state index in [1.165, 1.54) is 18.9 Å². The van der Waals surface area contributed by atoms with Crippen LogP contribution < -0.4 is 14.8 Å². The predicted molar refractivity (Wildman–Crippen MR) is 86.5 cm³/mol. The quantitative estimate of drug-likeness (QED) is 0.844. The number of aliphatic carboxylic acids is 1. The number of ether oxygens (including phenoxy) is 2. The largest absolute Gasteiger partial charge is 0.497 e. The highest BCUT2D eigenvalue weighted by Gasteiger charge is 2.43. The van der Waals surface area contributed by atoms with Crippen LogP contribution in [0, 0.1) is 0 Å². The van der Waals surface area contributed by atoms with E-state index in [0.717, 1.165) is 0 Å². The molecule has 2 aliphatic rings. The molecule has 8 heteroatoms. The number of likely N-dealkylation sites (tertiary alicyclic amines) is 1. The summed E-state index contributed by atoms with van der Waals surface area (Å²) >= 11 is 0. The van der Waals surface area contributed by atoms with Gasteiger partial charge in [0.1, 0.15) is 17.5 Å². The van der Waals surface area contributed by atoms with Gasteiger partial charge in [0.2, 0.25) is 5.91 Å². The first-order valence-corrected chi connectivity index (χ1v) is 8.07. The van der Waals surface area contributed by atoms with Crippen LogP contribution in [0.3, 0.4) is 0 Å². The first kappa shape index (κ1) is 17.1. The summed E-state index contributed by atoms with van der Waals surface area (Å²) in [5, 5.41) is 12.0. The molecule has 25 heavy (non-hydrogen) atoms. The lowest BCUT2D eigenvalue weighted by molar-refractivity contribution is -0.149. The molecule has 3 rings (SSSR count). The standard InChI is InChI=1S/C17H20N2O6/c1-10(16(22)23)19-8-7-17(6-5-14(19)20)18-15(21)12-4-3-11(24-2)9-13(12)25-17/h3-4,9-10H,5-8H2,1-2H3,(H,18,21)(H,22,23). The molecule has 0 aliphatic carbocycles. The Hall–Kier alpha value is -2.77. The summed E-state index contributed by atoms with van der Waals surface area (Å²) in [6.45, 7) is 1.66. The van der Waals surface area contributed by atoms with Gasteiger partial charge in [-0.15, -0.1) is 0 Å². The average molecular weight is 348 g/mol. The number of amides is 2. The fourth-order valence-electron chi connectivity index (χ4n) is 3.19. The number of benzene rings is 1. The highest BCUT2D eigenvalue weighted by atomic mass is 16.5. The number of methoxy groups -OCH3 is 1. The molecule has 134 valence electrons. The van der Waals surface area contributed by atoms with Gasteiger partial charge in [-0.1, -0.05) is 0 Å². The molecule has 1 saturated heterocycles. The van der Waals surface area contributed by atoms with Crippen LogP contribution >= 0.6 is 0 Å². The number of nitrogens with one attached hydrogen (secondary N) is 1. The molecule has 1 fully saturated rings. The summed E-state index contributed by atoms with van der Waals surface area (Å²) < 4.78 is 11.2. The van der Waals surface area contributed by atoms with Gasteiger partial charge >= 0.3 is 5.97 Å².